The van der Waals surface area contributed by atoms with Gasteiger partial charge in [0.25, 0.3) is 0 Å². The van der Waals surface area contributed by atoms with E-state index in [4.69, 9.17) is 17.3 Å². The molecule has 2 N–H and O–H groups in total. The minimum Gasteiger partial charge on any atom is -0.383 e. The van der Waals surface area contributed by atoms with Crippen molar-refractivity contribution >= 4 is 23.1 Å². The van der Waals surface area contributed by atoms with Crippen LogP contribution in [0.2, 0.25) is 5.02 Å². The largest absolute Gasteiger partial charge is 0.383 e. The number of nitrogen functional groups attached to an aromatic ring is 1. The van der Waals surface area contributed by atoms with Gasteiger partial charge in [-0.25, -0.2) is 15.0 Å². The first-order valence-corrected chi connectivity index (χ1v) is 5.33. The second-order valence-corrected chi connectivity index (χ2v) is 3.90. The van der Waals surface area contributed by atoms with Crippen LogP contribution in [0, 0.1) is 0 Å². The van der Waals surface area contributed by atoms with Crippen molar-refractivity contribution in [2.45, 2.75) is 0 Å². The second kappa shape index (κ2) is 3.71. The Labute approximate surface area is 102 Å². The molecule has 0 atom stereocenters. The minimum atomic E-state index is 0.515. The fourth-order valence-electron chi connectivity index (χ4n) is 1.67. The molecule has 6 heteroatoms. The Morgan fingerprint density at radius 2 is 2.18 bits per heavy atom. The summed E-state index contributed by atoms with van der Waals surface area (Å²) >= 11 is 6.06. The Morgan fingerprint density at radius 1 is 1.29 bits per heavy atom. The molecule has 3 aromatic heterocycles. The Hall–Kier alpha value is -2.14. The summed E-state index contributed by atoms with van der Waals surface area (Å²) in [5.74, 6) is 0.515. The highest BCUT2D eigenvalue weighted by Gasteiger charge is 2.13. The number of anilines is 1. The summed E-state index contributed by atoms with van der Waals surface area (Å²) < 4.78 is 1.74. The highest BCUT2D eigenvalue weighted by molar-refractivity contribution is 6.33. The number of aromatic nitrogens is 4. The fourth-order valence-corrected chi connectivity index (χ4v) is 1.88. The molecule has 0 bridgehead atoms. The van der Waals surface area contributed by atoms with Gasteiger partial charge in [0.15, 0.2) is 5.65 Å². The summed E-state index contributed by atoms with van der Waals surface area (Å²) in [6.07, 6.45) is 4.92. The van der Waals surface area contributed by atoms with E-state index in [1.165, 1.54) is 6.33 Å². The fraction of sp³-hybridized carbons (Fsp3) is 0. The lowest BCUT2D eigenvalue weighted by Crippen LogP contribution is -1.94. The summed E-state index contributed by atoms with van der Waals surface area (Å²) in [6, 6.07) is 5.34. The quantitative estimate of drug-likeness (QED) is 0.712. The smallest absolute Gasteiger partial charge is 0.158 e. The Balaban J connectivity index is 2.32. The van der Waals surface area contributed by atoms with Crippen molar-refractivity contribution < 1.29 is 0 Å². The number of fused-ring (bicyclic) bond motifs is 1. The van der Waals surface area contributed by atoms with Crippen LogP contribution < -0.4 is 5.73 Å². The zero-order valence-electron chi connectivity index (χ0n) is 8.71. The Morgan fingerprint density at radius 3 is 2.88 bits per heavy atom. The van der Waals surface area contributed by atoms with E-state index in [1.807, 2.05) is 12.3 Å². The Kier molecular flexibility index (Phi) is 2.19. The van der Waals surface area contributed by atoms with Gasteiger partial charge in [-0.05, 0) is 18.2 Å². The predicted octanol–water partition coefficient (Wildman–Crippen LogP) is 2.03. The standard InChI is InChI=1S/C11H8ClN5/c12-7-2-1-5-17-10(13)9(16-11(7)17)8-3-4-14-6-15-8/h1-6H,13H2. The molecule has 3 heterocycles. The molecule has 5 nitrogen and oxygen atoms in total. The molecule has 0 aliphatic carbocycles. The summed E-state index contributed by atoms with van der Waals surface area (Å²) in [7, 11) is 0. The monoisotopic (exact) mass is 245 g/mol. The first kappa shape index (κ1) is 10.0. The average molecular weight is 246 g/mol. The third-order valence-corrected chi connectivity index (χ3v) is 2.76. The van der Waals surface area contributed by atoms with E-state index in [2.05, 4.69) is 15.0 Å². The van der Waals surface area contributed by atoms with Crippen LogP contribution in [0.4, 0.5) is 5.82 Å². The summed E-state index contributed by atoms with van der Waals surface area (Å²) in [5.41, 5.74) is 7.94. The van der Waals surface area contributed by atoms with Gasteiger partial charge in [0.2, 0.25) is 0 Å². The topological polar surface area (TPSA) is 69.1 Å². The van der Waals surface area contributed by atoms with Crippen molar-refractivity contribution in [3.63, 3.8) is 0 Å². The lowest BCUT2D eigenvalue weighted by atomic mass is 10.3. The second-order valence-electron chi connectivity index (χ2n) is 3.49. The molecular formula is C11H8ClN5. The van der Waals surface area contributed by atoms with Crippen molar-refractivity contribution in [3.8, 4) is 11.4 Å². The molecule has 0 saturated heterocycles. The van der Waals surface area contributed by atoms with Gasteiger partial charge in [-0.1, -0.05) is 11.6 Å². The van der Waals surface area contributed by atoms with Crippen LogP contribution >= 0.6 is 11.6 Å². The highest BCUT2D eigenvalue weighted by Crippen LogP contribution is 2.27. The summed E-state index contributed by atoms with van der Waals surface area (Å²) in [5, 5.41) is 0.555. The summed E-state index contributed by atoms with van der Waals surface area (Å²) in [6.45, 7) is 0. The maximum absolute atomic E-state index is 6.06. The maximum atomic E-state index is 6.06. The van der Waals surface area contributed by atoms with E-state index in [1.54, 1.807) is 22.7 Å². The van der Waals surface area contributed by atoms with Gasteiger partial charge in [0, 0.05) is 12.4 Å². The molecule has 17 heavy (non-hydrogen) atoms. The molecule has 0 aromatic carbocycles. The van der Waals surface area contributed by atoms with Gasteiger partial charge in [-0.15, -0.1) is 0 Å². The van der Waals surface area contributed by atoms with Crippen LogP contribution in [0.1, 0.15) is 0 Å². The molecule has 3 aromatic rings. The van der Waals surface area contributed by atoms with Crippen LogP contribution in [-0.4, -0.2) is 19.4 Å². The number of imidazole rings is 1. The van der Waals surface area contributed by atoms with Crippen molar-refractivity contribution in [3.05, 3.63) is 41.9 Å². The third kappa shape index (κ3) is 1.52. The molecule has 0 aliphatic rings. The van der Waals surface area contributed by atoms with Crippen LogP contribution in [0.25, 0.3) is 17.0 Å². The van der Waals surface area contributed by atoms with E-state index in [9.17, 15) is 0 Å². The molecule has 84 valence electrons. The molecular weight excluding hydrogens is 238 g/mol. The predicted molar refractivity (Wildman–Crippen MR) is 65.6 cm³/mol. The zero-order chi connectivity index (χ0) is 11.8. The first-order valence-electron chi connectivity index (χ1n) is 4.96. The third-order valence-electron chi connectivity index (χ3n) is 2.46. The summed E-state index contributed by atoms with van der Waals surface area (Å²) in [4.78, 5) is 12.4. The highest BCUT2D eigenvalue weighted by atomic mass is 35.5. The number of hydrogen-bond acceptors (Lipinski definition) is 4. The van der Waals surface area contributed by atoms with Gasteiger partial charge in [-0.2, -0.15) is 0 Å². The van der Waals surface area contributed by atoms with E-state index >= 15 is 0 Å². The van der Waals surface area contributed by atoms with Gasteiger partial charge in [-0.3, -0.25) is 4.40 Å². The van der Waals surface area contributed by atoms with E-state index in [0.29, 0.717) is 27.9 Å². The molecule has 3 rings (SSSR count). The van der Waals surface area contributed by atoms with E-state index in [-0.39, 0.29) is 0 Å². The normalized spacial score (nSPS) is 10.9. The molecule has 0 fully saturated rings. The number of nitrogens with zero attached hydrogens (tertiary/aromatic N) is 4. The van der Waals surface area contributed by atoms with Gasteiger partial charge in [0.05, 0.1) is 10.7 Å². The van der Waals surface area contributed by atoms with Gasteiger partial charge < -0.3 is 5.73 Å². The minimum absolute atomic E-state index is 0.515. The van der Waals surface area contributed by atoms with E-state index < -0.39 is 0 Å². The number of halogens is 1. The van der Waals surface area contributed by atoms with Crippen LogP contribution in [0.5, 0.6) is 0 Å². The molecule has 0 radical (unpaired) electrons. The van der Waals surface area contributed by atoms with Crippen LogP contribution in [0.3, 0.4) is 0 Å². The van der Waals surface area contributed by atoms with Gasteiger partial charge in [0.1, 0.15) is 17.8 Å². The van der Waals surface area contributed by atoms with Crippen molar-refractivity contribution in [1.82, 2.24) is 19.4 Å². The molecule has 0 saturated carbocycles. The first-order chi connectivity index (χ1) is 8.27. The lowest BCUT2D eigenvalue weighted by molar-refractivity contribution is 1.16. The maximum Gasteiger partial charge on any atom is 0.158 e. The molecule has 0 unspecified atom stereocenters. The molecule has 0 aliphatic heterocycles. The van der Waals surface area contributed by atoms with Crippen molar-refractivity contribution in [1.29, 1.82) is 0 Å². The van der Waals surface area contributed by atoms with Crippen LogP contribution in [0.15, 0.2) is 36.9 Å². The van der Waals surface area contributed by atoms with Crippen LogP contribution in [-0.2, 0) is 0 Å². The van der Waals surface area contributed by atoms with Crippen molar-refractivity contribution in [2.75, 3.05) is 5.73 Å². The number of nitrogens with two attached hydrogens (primary N) is 1. The molecule has 0 spiro atoms. The SMILES string of the molecule is Nc1c(-c2ccncn2)nc2c(Cl)cccn12. The number of rotatable bonds is 1. The lowest BCUT2D eigenvalue weighted by Gasteiger charge is -1.97. The number of hydrogen-bond donors (Lipinski definition) is 1. The van der Waals surface area contributed by atoms with Crippen molar-refractivity contribution in [2.24, 2.45) is 0 Å². The van der Waals surface area contributed by atoms with Gasteiger partial charge >= 0.3 is 0 Å². The number of pyridine rings is 1. The average Bonchev–Trinajstić information content (AvgIpc) is 2.70. The zero-order valence-corrected chi connectivity index (χ0v) is 9.46. The Bertz CT molecular complexity index is 677. The van der Waals surface area contributed by atoms with E-state index in [0.717, 1.165) is 0 Å². The molecule has 0 amide bonds.